The number of nitrogens with one attached hydrogen (secondary N) is 1. The van der Waals surface area contributed by atoms with Gasteiger partial charge in [0.2, 0.25) is 9.84 Å². The first kappa shape index (κ1) is 12.4. The molecule has 0 unspecified atom stereocenters. The fraction of sp³-hybridized carbons (Fsp3) is 0. The van der Waals surface area contributed by atoms with Gasteiger partial charge < -0.3 is 4.98 Å². The standard InChI is InChI=1S/C14H10BrNO2S/c15-12-8-4-5-10-9-13(16-14(10)12)19(17,18)11-6-2-1-3-7-11/h1-9,16H. The lowest BCUT2D eigenvalue weighted by Gasteiger charge is -2.00. The monoisotopic (exact) mass is 335 g/mol. The van der Waals surface area contributed by atoms with E-state index < -0.39 is 9.84 Å². The Kier molecular flexibility index (Phi) is 2.95. The maximum atomic E-state index is 12.5. The van der Waals surface area contributed by atoms with E-state index in [-0.39, 0.29) is 9.92 Å². The molecule has 0 fully saturated rings. The Bertz CT molecular complexity index is 838. The zero-order valence-electron chi connectivity index (χ0n) is 9.80. The minimum atomic E-state index is -3.49. The first-order valence-electron chi connectivity index (χ1n) is 5.66. The highest BCUT2D eigenvalue weighted by Gasteiger charge is 2.20. The third-order valence-corrected chi connectivity index (χ3v) is 5.28. The van der Waals surface area contributed by atoms with Crippen molar-refractivity contribution in [2.45, 2.75) is 9.92 Å². The number of aromatic amines is 1. The highest BCUT2D eigenvalue weighted by Crippen LogP contribution is 2.28. The van der Waals surface area contributed by atoms with Crippen LogP contribution in [0.1, 0.15) is 0 Å². The minimum absolute atomic E-state index is 0.209. The molecular weight excluding hydrogens is 326 g/mol. The summed E-state index contributed by atoms with van der Waals surface area (Å²) in [4.78, 5) is 3.26. The Labute approximate surface area is 119 Å². The fourth-order valence-corrected chi connectivity index (χ4v) is 3.73. The number of hydrogen-bond acceptors (Lipinski definition) is 2. The summed E-state index contributed by atoms with van der Waals surface area (Å²) in [5, 5.41) is 1.07. The van der Waals surface area contributed by atoms with E-state index >= 15 is 0 Å². The molecule has 0 radical (unpaired) electrons. The van der Waals surface area contributed by atoms with Crippen molar-refractivity contribution in [3.63, 3.8) is 0 Å². The van der Waals surface area contributed by atoms with Crippen LogP contribution in [0, 0.1) is 0 Å². The molecule has 3 nitrogen and oxygen atoms in total. The number of hydrogen-bond donors (Lipinski definition) is 1. The quantitative estimate of drug-likeness (QED) is 0.775. The summed E-state index contributed by atoms with van der Waals surface area (Å²) in [6.45, 7) is 0. The van der Waals surface area contributed by atoms with Crippen LogP contribution in [0.5, 0.6) is 0 Å². The summed E-state index contributed by atoms with van der Waals surface area (Å²) in [6.07, 6.45) is 0. The van der Waals surface area contributed by atoms with E-state index in [4.69, 9.17) is 0 Å². The van der Waals surface area contributed by atoms with Gasteiger partial charge in [0.1, 0.15) is 5.03 Å². The Balaban J connectivity index is 2.22. The number of sulfone groups is 1. The molecule has 3 rings (SSSR count). The van der Waals surface area contributed by atoms with E-state index in [1.807, 2.05) is 18.2 Å². The van der Waals surface area contributed by atoms with Gasteiger partial charge in [0.25, 0.3) is 0 Å². The lowest BCUT2D eigenvalue weighted by Crippen LogP contribution is -2.01. The molecule has 3 aromatic rings. The number of benzene rings is 2. The molecule has 0 amide bonds. The van der Waals surface area contributed by atoms with E-state index in [0.717, 1.165) is 15.4 Å². The van der Waals surface area contributed by atoms with E-state index in [9.17, 15) is 8.42 Å². The van der Waals surface area contributed by atoms with Crippen molar-refractivity contribution >= 4 is 36.7 Å². The Morgan fingerprint density at radius 2 is 1.68 bits per heavy atom. The summed E-state index contributed by atoms with van der Waals surface area (Å²) < 4.78 is 25.8. The molecule has 19 heavy (non-hydrogen) atoms. The van der Waals surface area contributed by atoms with Crippen LogP contribution < -0.4 is 0 Å². The lowest BCUT2D eigenvalue weighted by atomic mass is 10.3. The molecule has 1 heterocycles. The van der Waals surface area contributed by atoms with E-state index in [2.05, 4.69) is 20.9 Å². The van der Waals surface area contributed by atoms with Crippen molar-refractivity contribution < 1.29 is 8.42 Å². The van der Waals surface area contributed by atoms with Gasteiger partial charge >= 0.3 is 0 Å². The second-order valence-corrected chi connectivity index (χ2v) is 6.93. The van der Waals surface area contributed by atoms with Gasteiger partial charge in [0, 0.05) is 9.86 Å². The second kappa shape index (κ2) is 4.51. The fourth-order valence-electron chi connectivity index (χ4n) is 1.96. The zero-order valence-corrected chi connectivity index (χ0v) is 12.2. The number of rotatable bonds is 2. The van der Waals surface area contributed by atoms with Gasteiger partial charge in [-0.25, -0.2) is 8.42 Å². The summed E-state index contributed by atoms with van der Waals surface area (Å²) >= 11 is 3.41. The third-order valence-electron chi connectivity index (χ3n) is 2.92. The average Bonchev–Trinajstić information content (AvgIpc) is 2.86. The van der Waals surface area contributed by atoms with E-state index in [1.165, 1.54) is 0 Å². The van der Waals surface area contributed by atoms with Gasteiger partial charge in [0.15, 0.2) is 0 Å². The normalized spacial score (nSPS) is 11.8. The largest absolute Gasteiger partial charge is 0.344 e. The molecule has 0 aliphatic rings. The number of fused-ring (bicyclic) bond motifs is 1. The maximum Gasteiger partial charge on any atom is 0.221 e. The maximum absolute atomic E-state index is 12.5. The molecule has 0 aliphatic heterocycles. The topological polar surface area (TPSA) is 49.9 Å². The molecule has 96 valence electrons. The molecule has 0 atom stereocenters. The molecule has 0 spiro atoms. The number of para-hydroxylation sites is 1. The second-order valence-electron chi connectivity index (χ2n) is 4.15. The van der Waals surface area contributed by atoms with Crippen molar-refractivity contribution in [3.05, 3.63) is 59.1 Å². The van der Waals surface area contributed by atoms with E-state index in [1.54, 1.807) is 36.4 Å². The summed E-state index contributed by atoms with van der Waals surface area (Å²) in [6, 6.07) is 15.7. The number of H-pyrrole nitrogens is 1. The molecule has 0 bridgehead atoms. The SMILES string of the molecule is O=S(=O)(c1ccccc1)c1cc2cccc(Br)c2[nH]1. The number of aromatic nitrogens is 1. The van der Waals surface area contributed by atoms with Crippen molar-refractivity contribution in [3.8, 4) is 0 Å². The molecule has 1 N–H and O–H groups in total. The first-order valence-corrected chi connectivity index (χ1v) is 7.94. The Hall–Kier alpha value is -1.59. The van der Waals surface area contributed by atoms with Crippen molar-refractivity contribution in [2.75, 3.05) is 0 Å². The highest BCUT2D eigenvalue weighted by molar-refractivity contribution is 9.10. The van der Waals surface area contributed by atoms with Gasteiger partial charge in [-0.1, -0.05) is 30.3 Å². The van der Waals surface area contributed by atoms with Crippen molar-refractivity contribution in [2.24, 2.45) is 0 Å². The summed E-state index contributed by atoms with van der Waals surface area (Å²) in [5.41, 5.74) is 0.789. The average molecular weight is 336 g/mol. The molecule has 2 aromatic carbocycles. The van der Waals surface area contributed by atoms with Crippen molar-refractivity contribution in [1.29, 1.82) is 0 Å². The minimum Gasteiger partial charge on any atom is -0.344 e. The van der Waals surface area contributed by atoms with Gasteiger partial charge in [-0.05, 0) is 40.2 Å². The molecule has 0 saturated heterocycles. The Morgan fingerprint density at radius 1 is 0.947 bits per heavy atom. The number of halogens is 1. The van der Waals surface area contributed by atoms with Gasteiger partial charge in [-0.2, -0.15) is 0 Å². The molecule has 0 aliphatic carbocycles. The van der Waals surface area contributed by atoms with Crippen LogP contribution in [0.15, 0.2) is 69.0 Å². The molecule has 0 saturated carbocycles. The van der Waals surface area contributed by atoms with Gasteiger partial charge in [-0.15, -0.1) is 0 Å². The summed E-state index contributed by atoms with van der Waals surface area (Å²) in [7, 11) is -3.49. The molecule has 5 heteroatoms. The third kappa shape index (κ3) is 2.09. The van der Waals surface area contributed by atoms with Crippen LogP contribution in [0.3, 0.4) is 0 Å². The van der Waals surface area contributed by atoms with E-state index in [0.29, 0.717) is 0 Å². The predicted octanol–water partition coefficient (Wildman–Crippen LogP) is 3.76. The summed E-state index contributed by atoms with van der Waals surface area (Å²) in [5.74, 6) is 0. The highest BCUT2D eigenvalue weighted by atomic mass is 79.9. The van der Waals surface area contributed by atoms with Crippen LogP contribution in [0.25, 0.3) is 10.9 Å². The Morgan fingerprint density at radius 3 is 2.37 bits per heavy atom. The lowest BCUT2D eigenvalue weighted by molar-refractivity contribution is 0.593. The molecule has 1 aromatic heterocycles. The predicted molar refractivity (Wildman–Crippen MR) is 77.9 cm³/mol. The van der Waals surface area contributed by atoms with Crippen LogP contribution >= 0.6 is 15.9 Å². The van der Waals surface area contributed by atoms with Crippen LogP contribution in [-0.2, 0) is 9.84 Å². The van der Waals surface area contributed by atoms with Crippen LogP contribution in [-0.4, -0.2) is 13.4 Å². The van der Waals surface area contributed by atoms with Crippen LogP contribution in [0.4, 0.5) is 0 Å². The van der Waals surface area contributed by atoms with Crippen molar-refractivity contribution in [1.82, 2.24) is 4.98 Å². The zero-order chi connectivity index (χ0) is 13.5. The van der Waals surface area contributed by atoms with Gasteiger partial charge in [0.05, 0.1) is 10.4 Å². The smallest absolute Gasteiger partial charge is 0.221 e. The van der Waals surface area contributed by atoms with Crippen LogP contribution in [0.2, 0.25) is 0 Å². The molecular formula is C14H10BrNO2S. The first-order chi connectivity index (χ1) is 9.09. The van der Waals surface area contributed by atoms with Gasteiger partial charge in [-0.3, -0.25) is 0 Å².